The van der Waals surface area contributed by atoms with Gasteiger partial charge in [-0.3, -0.25) is 4.90 Å². The summed E-state index contributed by atoms with van der Waals surface area (Å²) in [6.07, 6.45) is 2.72. The molecule has 0 radical (unpaired) electrons. The summed E-state index contributed by atoms with van der Waals surface area (Å²) in [6, 6.07) is 9.71. The Morgan fingerprint density at radius 3 is 2.76 bits per heavy atom. The van der Waals surface area contributed by atoms with Crippen molar-refractivity contribution in [2.75, 3.05) is 0 Å². The summed E-state index contributed by atoms with van der Waals surface area (Å²) < 4.78 is 1.02. The van der Waals surface area contributed by atoms with E-state index in [2.05, 4.69) is 41.7 Å². The molecule has 0 bridgehead atoms. The predicted molar refractivity (Wildman–Crippen MR) is 115 cm³/mol. The van der Waals surface area contributed by atoms with E-state index in [4.69, 9.17) is 9.97 Å². The zero-order valence-electron chi connectivity index (χ0n) is 16.6. The van der Waals surface area contributed by atoms with Gasteiger partial charge in [-0.25, -0.2) is 14.8 Å². The Labute approximate surface area is 177 Å². The number of nitrogens with zero attached hydrogens (tertiary/aromatic N) is 3. The van der Waals surface area contributed by atoms with Gasteiger partial charge < -0.3 is 10.1 Å². The number of aromatic nitrogens is 3. The van der Waals surface area contributed by atoms with Crippen LogP contribution in [0.5, 0.6) is 0 Å². The lowest BCUT2D eigenvalue weighted by Crippen LogP contribution is -2.48. The van der Waals surface area contributed by atoms with Crippen molar-refractivity contribution in [3.8, 4) is 11.4 Å². The minimum Gasteiger partial charge on any atom is -0.465 e. The lowest BCUT2D eigenvalue weighted by molar-refractivity contribution is 0.0580. The summed E-state index contributed by atoms with van der Waals surface area (Å²) in [5, 5.41) is 11.1. The minimum atomic E-state index is -0.864. The zero-order chi connectivity index (χ0) is 20.6. The van der Waals surface area contributed by atoms with Gasteiger partial charge in [0.25, 0.3) is 0 Å². The van der Waals surface area contributed by atoms with Crippen LogP contribution in [0.4, 0.5) is 4.79 Å². The van der Waals surface area contributed by atoms with Crippen molar-refractivity contribution in [2.24, 2.45) is 11.3 Å². The lowest BCUT2D eigenvalue weighted by Gasteiger charge is -2.39. The van der Waals surface area contributed by atoms with E-state index < -0.39 is 6.09 Å². The minimum absolute atomic E-state index is 0.103. The van der Waals surface area contributed by atoms with Gasteiger partial charge in [-0.1, -0.05) is 42.8 Å². The van der Waals surface area contributed by atoms with E-state index >= 15 is 0 Å². The van der Waals surface area contributed by atoms with Gasteiger partial charge in [0, 0.05) is 16.1 Å². The maximum Gasteiger partial charge on any atom is 0.408 e. The van der Waals surface area contributed by atoms with Crippen molar-refractivity contribution in [1.29, 1.82) is 0 Å². The number of fused-ring (bicyclic) bond motifs is 2. The van der Waals surface area contributed by atoms with E-state index in [-0.39, 0.29) is 17.0 Å². The van der Waals surface area contributed by atoms with Crippen molar-refractivity contribution in [3.05, 3.63) is 46.8 Å². The number of piperidine rings is 1. The topological polar surface area (TPSA) is 82.1 Å². The van der Waals surface area contributed by atoms with Crippen LogP contribution in [0.1, 0.15) is 45.5 Å². The van der Waals surface area contributed by atoms with E-state index in [0.717, 1.165) is 39.6 Å². The number of likely N-dealkylation sites (tertiary alicyclic amines) is 1. The Morgan fingerprint density at radius 1 is 1.24 bits per heavy atom. The van der Waals surface area contributed by atoms with Crippen LogP contribution in [0, 0.1) is 11.3 Å². The molecule has 1 amide bonds. The van der Waals surface area contributed by atoms with E-state index in [0.29, 0.717) is 11.7 Å². The first-order chi connectivity index (χ1) is 13.7. The number of pyridine rings is 1. The van der Waals surface area contributed by atoms with Crippen LogP contribution in [0.3, 0.4) is 0 Å². The van der Waals surface area contributed by atoms with Crippen LogP contribution in [-0.2, 0) is 0 Å². The van der Waals surface area contributed by atoms with Gasteiger partial charge in [0.15, 0.2) is 0 Å². The molecule has 5 rings (SSSR count). The van der Waals surface area contributed by atoms with Gasteiger partial charge in [-0.2, -0.15) is 0 Å². The highest BCUT2D eigenvalue weighted by atomic mass is 79.9. The summed E-state index contributed by atoms with van der Waals surface area (Å²) in [7, 11) is 0. The fourth-order valence-corrected chi connectivity index (χ4v) is 5.62. The van der Waals surface area contributed by atoms with Crippen LogP contribution in [0.2, 0.25) is 0 Å². The van der Waals surface area contributed by atoms with E-state index in [1.165, 1.54) is 0 Å². The van der Waals surface area contributed by atoms with Crippen LogP contribution in [0.25, 0.3) is 22.3 Å². The fourth-order valence-electron chi connectivity index (χ4n) is 5.24. The first kappa shape index (κ1) is 18.6. The molecular weight excluding hydrogens is 432 g/mol. The molecule has 7 heteroatoms. The molecule has 3 atom stereocenters. The monoisotopic (exact) mass is 454 g/mol. The number of halogens is 1. The quantitative estimate of drug-likeness (QED) is 0.526. The highest BCUT2D eigenvalue weighted by Crippen LogP contribution is 2.68. The number of amides is 1. The maximum atomic E-state index is 12.2. The molecule has 2 aliphatic rings. The number of carbonyl (C=O) groups is 1. The van der Waals surface area contributed by atoms with Crippen molar-refractivity contribution < 1.29 is 9.90 Å². The third kappa shape index (κ3) is 2.70. The van der Waals surface area contributed by atoms with Crippen LogP contribution in [0.15, 0.2) is 41.0 Å². The average Bonchev–Trinajstić information content (AvgIpc) is 3.04. The maximum absolute atomic E-state index is 12.2. The number of imidazole rings is 1. The second-order valence-corrected chi connectivity index (χ2v) is 10.1. The van der Waals surface area contributed by atoms with Gasteiger partial charge in [0.05, 0.1) is 22.8 Å². The molecule has 1 saturated heterocycles. The Morgan fingerprint density at radius 2 is 2.03 bits per heavy atom. The predicted octanol–water partition coefficient (Wildman–Crippen LogP) is 5.62. The SMILES string of the molecule is CC(C)(C)[C@@]12C[C@H]1C[C@@H](c1nc(-c3ccc4cc(Br)ccc4n3)c[nH]1)N2C(=O)O. The third-order valence-corrected chi connectivity index (χ3v) is 7.15. The number of hydrogen-bond acceptors (Lipinski definition) is 3. The molecule has 1 aromatic carbocycles. The molecule has 2 N–H and O–H groups in total. The summed E-state index contributed by atoms with van der Waals surface area (Å²) in [4.78, 5) is 26.6. The molecule has 29 heavy (non-hydrogen) atoms. The van der Waals surface area contributed by atoms with Gasteiger partial charge in [0.1, 0.15) is 11.5 Å². The molecule has 2 aromatic heterocycles. The molecular formula is C22H23BrN4O2. The fraction of sp³-hybridized carbons (Fsp3) is 0.409. The number of hydrogen-bond donors (Lipinski definition) is 2. The molecule has 0 unspecified atom stereocenters. The summed E-state index contributed by atoms with van der Waals surface area (Å²) in [5.41, 5.74) is 2.02. The highest BCUT2D eigenvalue weighted by molar-refractivity contribution is 9.10. The van der Waals surface area contributed by atoms with Crippen molar-refractivity contribution in [2.45, 2.75) is 45.2 Å². The lowest BCUT2D eigenvalue weighted by atomic mass is 9.82. The largest absolute Gasteiger partial charge is 0.465 e. The Kier molecular flexibility index (Phi) is 3.88. The van der Waals surface area contributed by atoms with Gasteiger partial charge in [-0.15, -0.1) is 0 Å². The van der Waals surface area contributed by atoms with Crippen molar-refractivity contribution in [3.63, 3.8) is 0 Å². The molecule has 0 spiro atoms. The first-order valence-electron chi connectivity index (χ1n) is 9.85. The number of nitrogens with one attached hydrogen (secondary N) is 1. The second-order valence-electron chi connectivity index (χ2n) is 9.18. The molecule has 1 aliphatic heterocycles. The van der Waals surface area contributed by atoms with E-state index in [1.807, 2.05) is 36.5 Å². The van der Waals surface area contributed by atoms with Crippen LogP contribution >= 0.6 is 15.9 Å². The van der Waals surface area contributed by atoms with E-state index in [9.17, 15) is 9.90 Å². The number of rotatable bonds is 2. The highest BCUT2D eigenvalue weighted by Gasteiger charge is 2.72. The molecule has 3 aromatic rings. The Hall–Kier alpha value is -2.41. The molecule has 3 heterocycles. The second kappa shape index (κ2) is 6.05. The van der Waals surface area contributed by atoms with Crippen molar-refractivity contribution >= 4 is 32.9 Å². The molecule has 2 fully saturated rings. The average molecular weight is 455 g/mol. The third-order valence-electron chi connectivity index (χ3n) is 6.65. The number of benzene rings is 1. The smallest absolute Gasteiger partial charge is 0.408 e. The molecule has 1 saturated carbocycles. The van der Waals surface area contributed by atoms with Crippen molar-refractivity contribution in [1.82, 2.24) is 19.9 Å². The number of carboxylic acid groups (broad SMARTS) is 1. The molecule has 6 nitrogen and oxygen atoms in total. The van der Waals surface area contributed by atoms with E-state index in [1.54, 1.807) is 4.90 Å². The normalized spacial score (nSPS) is 26.0. The zero-order valence-corrected chi connectivity index (χ0v) is 18.2. The molecule has 150 valence electrons. The Bertz CT molecular complexity index is 1140. The van der Waals surface area contributed by atoms with Gasteiger partial charge in [-0.05, 0) is 48.4 Å². The standard InChI is InChI=1S/C22H23BrN4O2/c1-21(2,3)22-10-13(22)9-18(27(22)20(28)29)19-24-11-17(26-19)16-6-4-12-8-14(23)5-7-15(12)25-16/h4-8,11,13,18H,9-10H2,1-3H3,(H,24,26)(H,28,29)/t13-,18+,22-/m1/s1. The van der Waals surface area contributed by atoms with Gasteiger partial charge in [0.2, 0.25) is 0 Å². The first-order valence-corrected chi connectivity index (χ1v) is 10.6. The van der Waals surface area contributed by atoms with Crippen LogP contribution in [-0.4, -0.2) is 36.6 Å². The Balaban J connectivity index is 1.49. The summed E-state index contributed by atoms with van der Waals surface area (Å²) in [5.74, 6) is 1.10. The molecule has 1 aliphatic carbocycles. The number of H-pyrrole nitrogens is 1. The summed E-state index contributed by atoms with van der Waals surface area (Å²) in [6.45, 7) is 6.41. The number of aromatic amines is 1. The summed E-state index contributed by atoms with van der Waals surface area (Å²) >= 11 is 3.48. The van der Waals surface area contributed by atoms with Crippen LogP contribution < -0.4 is 0 Å². The van der Waals surface area contributed by atoms with Gasteiger partial charge >= 0.3 is 6.09 Å².